The number of benzene rings is 2. The Morgan fingerprint density at radius 3 is 2.60 bits per heavy atom. The van der Waals surface area contributed by atoms with Crippen LogP contribution in [0.1, 0.15) is 17.2 Å². The first-order chi connectivity index (χ1) is 12.2. The average Bonchev–Trinajstić information content (AvgIpc) is 2.64. The van der Waals surface area contributed by atoms with Crippen molar-refractivity contribution < 1.29 is 9.53 Å². The number of ether oxygens (including phenoxy) is 1. The lowest BCUT2D eigenvalue weighted by molar-refractivity contribution is -0.121. The summed E-state index contributed by atoms with van der Waals surface area (Å²) in [6.07, 6.45) is -0.189. The second-order valence-electron chi connectivity index (χ2n) is 5.83. The Morgan fingerprint density at radius 2 is 1.84 bits per heavy atom. The number of methoxy groups -OCH3 is 1. The highest BCUT2D eigenvalue weighted by atomic mass is 16.5. The standard InChI is InChI=1S/C20H20N2O3/c1-25-18(14-7-3-2-4-8-14)13-21-19(23)12-16-11-15-9-5-6-10-17(15)22-20(16)24/h2-11,18H,12-13H2,1H3,(H,21,23)(H,22,24). The molecule has 25 heavy (non-hydrogen) atoms. The molecule has 3 rings (SSSR count). The lowest BCUT2D eigenvalue weighted by Gasteiger charge is -2.16. The third-order valence-corrected chi connectivity index (χ3v) is 4.12. The number of pyridine rings is 1. The van der Waals surface area contributed by atoms with Gasteiger partial charge in [-0.2, -0.15) is 0 Å². The molecule has 0 bridgehead atoms. The van der Waals surface area contributed by atoms with E-state index in [1.165, 1.54) is 0 Å². The molecule has 5 heteroatoms. The molecular weight excluding hydrogens is 316 g/mol. The van der Waals surface area contributed by atoms with Crippen molar-refractivity contribution in [3.05, 3.63) is 82.1 Å². The fourth-order valence-corrected chi connectivity index (χ4v) is 2.77. The zero-order chi connectivity index (χ0) is 17.6. The number of hydrogen-bond donors (Lipinski definition) is 2. The largest absolute Gasteiger partial charge is 0.375 e. The van der Waals surface area contributed by atoms with Crippen LogP contribution in [0.25, 0.3) is 10.9 Å². The van der Waals surface area contributed by atoms with Gasteiger partial charge in [0.25, 0.3) is 5.56 Å². The lowest BCUT2D eigenvalue weighted by Crippen LogP contribution is -2.31. The molecule has 1 heterocycles. The van der Waals surface area contributed by atoms with Gasteiger partial charge in [0.05, 0.1) is 12.5 Å². The molecule has 0 spiro atoms. The van der Waals surface area contributed by atoms with Gasteiger partial charge in [-0.1, -0.05) is 48.5 Å². The Hall–Kier alpha value is -2.92. The molecule has 0 radical (unpaired) electrons. The number of aromatic nitrogens is 1. The monoisotopic (exact) mass is 336 g/mol. The van der Waals surface area contributed by atoms with Gasteiger partial charge in [0, 0.05) is 24.7 Å². The van der Waals surface area contributed by atoms with Crippen molar-refractivity contribution in [2.75, 3.05) is 13.7 Å². The first-order valence-electron chi connectivity index (χ1n) is 8.13. The van der Waals surface area contributed by atoms with E-state index in [1.54, 1.807) is 13.2 Å². The Morgan fingerprint density at radius 1 is 1.12 bits per heavy atom. The zero-order valence-electron chi connectivity index (χ0n) is 14.0. The SMILES string of the molecule is COC(CNC(=O)Cc1cc2ccccc2[nH]c1=O)c1ccccc1. The summed E-state index contributed by atoms with van der Waals surface area (Å²) in [4.78, 5) is 27.2. The summed E-state index contributed by atoms with van der Waals surface area (Å²) in [5.41, 5.74) is 1.97. The number of nitrogens with one attached hydrogen (secondary N) is 2. The zero-order valence-corrected chi connectivity index (χ0v) is 14.0. The highest BCUT2D eigenvalue weighted by Crippen LogP contribution is 2.15. The Labute approximate surface area is 145 Å². The summed E-state index contributed by atoms with van der Waals surface area (Å²) in [6, 6.07) is 19.0. The van der Waals surface area contributed by atoms with Crippen LogP contribution in [-0.2, 0) is 16.0 Å². The second kappa shape index (κ2) is 7.77. The van der Waals surface area contributed by atoms with Crippen LogP contribution in [0.15, 0.2) is 65.5 Å². The molecule has 0 saturated heterocycles. The molecule has 128 valence electrons. The lowest BCUT2D eigenvalue weighted by atomic mass is 10.1. The van der Waals surface area contributed by atoms with E-state index in [-0.39, 0.29) is 24.0 Å². The molecule has 1 unspecified atom stereocenters. The number of rotatable bonds is 6. The summed E-state index contributed by atoms with van der Waals surface area (Å²) < 4.78 is 5.44. The van der Waals surface area contributed by atoms with Crippen molar-refractivity contribution in [3.63, 3.8) is 0 Å². The Balaban J connectivity index is 1.66. The van der Waals surface area contributed by atoms with E-state index in [9.17, 15) is 9.59 Å². The van der Waals surface area contributed by atoms with Crippen LogP contribution in [-0.4, -0.2) is 24.5 Å². The number of hydrogen-bond acceptors (Lipinski definition) is 3. The van der Waals surface area contributed by atoms with Crippen LogP contribution in [0.3, 0.4) is 0 Å². The summed E-state index contributed by atoms with van der Waals surface area (Å²) in [7, 11) is 1.61. The molecule has 0 aliphatic rings. The number of para-hydroxylation sites is 1. The van der Waals surface area contributed by atoms with Crippen molar-refractivity contribution in [2.45, 2.75) is 12.5 Å². The van der Waals surface area contributed by atoms with Crippen LogP contribution in [0.4, 0.5) is 0 Å². The van der Waals surface area contributed by atoms with Crippen LogP contribution < -0.4 is 10.9 Å². The van der Waals surface area contributed by atoms with Crippen molar-refractivity contribution >= 4 is 16.8 Å². The van der Waals surface area contributed by atoms with Crippen molar-refractivity contribution in [1.29, 1.82) is 0 Å². The van der Waals surface area contributed by atoms with Gasteiger partial charge in [-0.15, -0.1) is 0 Å². The molecule has 1 atom stereocenters. The molecule has 0 aliphatic carbocycles. The highest BCUT2D eigenvalue weighted by molar-refractivity contribution is 5.82. The maximum atomic E-state index is 12.2. The minimum atomic E-state index is -0.236. The Kier molecular flexibility index (Phi) is 5.26. The third-order valence-electron chi connectivity index (χ3n) is 4.12. The summed E-state index contributed by atoms with van der Waals surface area (Å²) >= 11 is 0. The van der Waals surface area contributed by atoms with Gasteiger partial charge >= 0.3 is 0 Å². The number of carbonyl (C=O) groups is 1. The van der Waals surface area contributed by atoms with Gasteiger partial charge in [0.1, 0.15) is 0 Å². The first kappa shape index (κ1) is 16.9. The summed E-state index contributed by atoms with van der Waals surface area (Å²) in [5.74, 6) is -0.209. The summed E-state index contributed by atoms with van der Waals surface area (Å²) in [5, 5.41) is 3.75. The number of amides is 1. The average molecular weight is 336 g/mol. The molecule has 2 aromatic carbocycles. The van der Waals surface area contributed by atoms with E-state index in [2.05, 4.69) is 10.3 Å². The van der Waals surface area contributed by atoms with Crippen LogP contribution in [0.2, 0.25) is 0 Å². The van der Waals surface area contributed by atoms with Crippen LogP contribution >= 0.6 is 0 Å². The van der Waals surface area contributed by atoms with Gasteiger partial charge in [-0.25, -0.2) is 0 Å². The van der Waals surface area contributed by atoms with Crippen molar-refractivity contribution in [2.24, 2.45) is 0 Å². The van der Waals surface area contributed by atoms with Crippen LogP contribution in [0, 0.1) is 0 Å². The maximum Gasteiger partial charge on any atom is 0.252 e. The van der Waals surface area contributed by atoms with Gasteiger partial charge in [-0.05, 0) is 23.1 Å². The smallest absolute Gasteiger partial charge is 0.252 e. The predicted octanol–water partition coefficient (Wildman–Crippen LogP) is 2.57. The van der Waals surface area contributed by atoms with Gasteiger partial charge in [0.2, 0.25) is 5.91 Å². The first-order valence-corrected chi connectivity index (χ1v) is 8.13. The number of carbonyl (C=O) groups excluding carboxylic acids is 1. The van der Waals surface area contributed by atoms with Crippen LogP contribution in [0.5, 0.6) is 0 Å². The molecule has 5 nitrogen and oxygen atoms in total. The molecule has 0 fully saturated rings. The second-order valence-corrected chi connectivity index (χ2v) is 5.83. The number of aromatic amines is 1. The Bertz CT molecular complexity index is 919. The fraction of sp³-hybridized carbons (Fsp3) is 0.200. The summed E-state index contributed by atoms with van der Waals surface area (Å²) in [6.45, 7) is 0.352. The van der Waals surface area contributed by atoms with Gasteiger partial charge < -0.3 is 15.0 Å². The third kappa shape index (κ3) is 4.14. The van der Waals surface area contributed by atoms with E-state index >= 15 is 0 Å². The number of H-pyrrole nitrogens is 1. The van der Waals surface area contributed by atoms with E-state index in [0.29, 0.717) is 12.1 Å². The quantitative estimate of drug-likeness (QED) is 0.727. The van der Waals surface area contributed by atoms with E-state index in [4.69, 9.17) is 4.74 Å². The maximum absolute atomic E-state index is 12.2. The molecular formula is C20H20N2O3. The molecule has 0 aliphatic heterocycles. The molecule has 2 N–H and O–H groups in total. The predicted molar refractivity (Wildman–Crippen MR) is 97.5 cm³/mol. The van der Waals surface area contributed by atoms with Gasteiger partial charge in [-0.3, -0.25) is 9.59 Å². The van der Waals surface area contributed by atoms with E-state index in [0.717, 1.165) is 16.5 Å². The van der Waals surface area contributed by atoms with E-state index < -0.39 is 0 Å². The van der Waals surface area contributed by atoms with E-state index in [1.807, 2.05) is 54.6 Å². The molecule has 0 saturated carbocycles. The topological polar surface area (TPSA) is 71.2 Å². The minimum Gasteiger partial charge on any atom is -0.375 e. The fourth-order valence-electron chi connectivity index (χ4n) is 2.77. The molecule has 1 amide bonds. The minimum absolute atomic E-state index is 0.0331. The molecule has 1 aromatic heterocycles. The highest BCUT2D eigenvalue weighted by Gasteiger charge is 2.13. The number of fused-ring (bicyclic) bond motifs is 1. The van der Waals surface area contributed by atoms with Crippen molar-refractivity contribution in [1.82, 2.24) is 10.3 Å². The van der Waals surface area contributed by atoms with Gasteiger partial charge in [0.15, 0.2) is 0 Å². The normalized spacial score (nSPS) is 12.0. The van der Waals surface area contributed by atoms with Crippen molar-refractivity contribution in [3.8, 4) is 0 Å². The molecule has 3 aromatic rings.